The second kappa shape index (κ2) is 7.51. The van der Waals surface area contributed by atoms with Gasteiger partial charge >= 0.3 is 0 Å². The monoisotopic (exact) mass is 561 g/mol. The zero-order chi connectivity index (χ0) is 24.8. The highest BCUT2D eigenvalue weighted by Crippen LogP contribution is 2.68. The van der Waals surface area contributed by atoms with E-state index in [0.717, 1.165) is 17.3 Å². The van der Waals surface area contributed by atoms with Gasteiger partial charge in [0.2, 0.25) is 5.91 Å². The van der Waals surface area contributed by atoms with Gasteiger partial charge in [0, 0.05) is 27.3 Å². The highest BCUT2D eigenvalue weighted by Gasteiger charge is 2.81. The summed E-state index contributed by atoms with van der Waals surface area (Å²) in [5.74, 6) is -1.53. The van der Waals surface area contributed by atoms with Crippen molar-refractivity contribution in [3.63, 3.8) is 0 Å². The Morgan fingerprint density at radius 1 is 0.944 bits per heavy atom. The van der Waals surface area contributed by atoms with E-state index in [2.05, 4.69) is 31.5 Å². The minimum atomic E-state index is -1.46. The van der Waals surface area contributed by atoms with Crippen LogP contribution in [0.25, 0.3) is 0 Å². The van der Waals surface area contributed by atoms with Crippen LogP contribution in [0, 0.1) is 5.92 Å². The molecule has 2 amide bonds. The first-order valence-corrected chi connectivity index (χ1v) is 13.2. The van der Waals surface area contributed by atoms with Crippen LogP contribution in [-0.2, 0) is 20.5 Å². The zero-order valence-corrected chi connectivity index (χ0v) is 21.4. The fraction of sp³-hybridized carbons (Fsp3) is 0.250. The number of amides is 2. The van der Waals surface area contributed by atoms with Crippen LogP contribution in [0.15, 0.2) is 71.2 Å². The Balaban J connectivity index is 1.59. The van der Waals surface area contributed by atoms with Gasteiger partial charge in [-0.25, -0.2) is 0 Å². The predicted molar refractivity (Wildman–Crippen MR) is 140 cm³/mol. The third-order valence-electron chi connectivity index (χ3n) is 8.49. The van der Waals surface area contributed by atoms with Crippen molar-refractivity contribution in [2.75, 3.05) is 17.2 Å². The maximum atomic E-state index is 14.5. The van der Waals surface area contributed by atoms with Gasteiger partial charge in [0.25, 0.3) is 5.91 Å². The molecule has 0 aromatic heterocycles. The lowest BCUT2D eigenvalue weighted by molar-refractivity contribution is -0.137. The molecule has 7 rings (SSSR count). The minimum absolute atomic E-state index is 0.133. The van der Waals surface area contributed by atoms with E-state index >= 15 is 0 Å². The van der Waals surface area contributed by atoms with Crippen LogP contribution >= 0.6 is 27.5 Å². The van der Waals surface area contributed by atoms with Gasteiger partial charge in [-0.2, -0.15) is 0 Å². The summed E-state index contributed by atoms with van der Waals surface area (Å²) >= 11 is 10.0. The Morgan fingerprint density at radius 3 is 2.50 bits per heavy atom. The third-order valence-corrected chi connectivity index (χ3v) is 9.34. The first kappa shape index (κ1) is 22.2. The topological polar surface area (TPSA) is 78.5 Å². The van der Waals surface area contributed by atoms with E-state index in [4.69, 9.17) is 11.6 Å². The Labute approximate surface area is 221 Å². The van der Waals surface area contributed by atoms with Crippen LogP contribution in [-0.4, -0.2) is 35.1 Å². The molecule has 0 aliphatic carbocycles. The molecule has 36 heavy (non-hydrogen) atoms. The van der Waals surface area contributed by atoms with Gasteiger partial charge < -0.3 is 10.6 Å². The lowest BCUT2D eigenvalue weighted by Gasteiger charge is -2.43. The molecule has 4 atom stereocenters. The molecular weight excluding hydrogens is 542 g/mol. The number of carbonyl (C=O) groups is 3. The van der Waals surface area contributed by atoms with Crippen molar-refractivity contribution in [1.29, 1.82) is 0 Å². The standard InChI is InChI=1S/C28H21BrClN3O3/c29-16-12-10-15(11-13-16)24(34)22-21-9-4-14-33(21)28(18-6-3-7-19(30)23(18)32-26(28)36)27(22)17-5-1-2-8-20(17)31-25(27)35/h1-3,5-8,10-13,21-22H,4,9,14H2,(H,31,35)(H,32,36)/t21-,22-,27+,28+/m0/s1. The molecule has 0 saturated carbocycles. The van der Waals surface area contributed by atoms with Gasteiger partial charge in [-0.1, -0.05) is 70.0 Å². The van der Waals surface area contributed by atoms with E-state index in [1.54, 1.807) is 18.2 Å². The Hall–Kier alpha value is -3.00. The molecule has 4 aliphatic rings. The predicted octanol–water partition coefficient (Wildman–Crippen LogP) is 5.12. The smallest absolute Gasteiger partial charge is 0.251 e. The molecule has 180 valence electrons. The zero-order valence-electron chi connectivity index (χ0n) is 19.1. The molecule has 2 spiro atoms. The molecule has 6 nitrogen and oxygen atoms in total. The van der Waals surface area contributed by atoms with Crippen molar-refractivity contribution in [2.24, 2.45) is 5.92 Å². The number of ketones is 1. The molecular formula is C28H21BrClN3O3. The van der Waals surface area contributed by atoms with Crippen LogP contribution in [0.5, 0.6) is 0 Å². The largest absolute Gasteiger partial charge is 0.325 e. The van der Waals surface area contributed by atoms with Crippen LogP contribution in [0.3, 0.4) is 0 Å². The van der Waals surface area contributed by atoms with Gasteiger partial charge in [-0.15, -0.1) is 0 Å². The number of rotatable bonds is 2. The van der Waals surface area contributed by atoms with Crippen molar-refractivity contribution >= 4 is 56.5 Å². The summed E-state index contributed by atoms with van der Waals surface area (Å²) in [5, 5.41) is 6.47. The van der Waals surface area contributed by atoms with E-state index in [0.29, 0.717) is 39.6 Å². The molecule has 4 aliphatic heterocycles. The van der Waals surface area contributed by atoms with Crippen LogP contribution in [0.4, 0.5) is 11.4 Å². The van der Waals surface area contributed by atoms with E-state index < -0.39 is 16.9 Å². The first-order chi connectivity index (χ1) is 17.4. The highest BCUT2D eigenvalue weighted by atomic mass is 79.9. The number of hydrogen-bond donors (Lipinski definition) is 2. The summed E-state index contributed by atoms with van der Waals surface area (Å²) in [6.45, 7) is 0.603. The lowest BCUT2D eigenvalue weighted by atomic mass is 9.57. The van der Waals surface area contributed by atoms with Gasteiger partial charge in [-0.05, 0) is 49.2 Å². The normalized spacial score (nSPS) is 29.8. The molecule has 2 saturated heterocycles. The van der Waals surface area contributed by atoms with Crippen molar-refractivity contribution in [1.82, 2.24) is 4.90 Å². The molecule has 3 aromatic carbocycles. The van der Waals surface area contributed by atoms with Gasteiger partial charge in [0.1, 0.15) is 11.0 Å². The number of halogens is 2. The van der Waals surface area contributed by atoms with E-state index in [9.17, 15) is 14.4 Å². The van der Waals surface area contributed by atoms with Gasteiger partial charge in [0.05, 0.1) is 16.6 Å². The number of anilines is 2. The molecule has 2 N–H and O–H groups in total. The highest BCUT2D eigenvalue weighted by molar-refractivity contribution is 9.10. The maximum absolute atomic E-state index is 14.5. The Kier molecular flexibility index (Phi) is 4.63. The molecule has 3 aromatic rings. The molecule has 8 heteroatoms. The Morgan fingerprint density at radius 2 is 1.69 bits per heavy atom. The minimum Gasteiger partial charge on any atom is -0.325 e. The van der Waals surface area contributed by atoms with Crippen molar-refractivity contribution < 1.29 is 14.4 Å². The summed E-state index contributed by atoms with van der Waals surface area (Å²) in [7, 11) is 0. The fourth-order valence-corrected chi connectivity index (χ4v) is 7.85. The second-order valence-corrected chi connectivity index (χ2v) is 11.2. The van der Waals surface area contributed by atoms with Crippen molar-refractivity contribution in [3.8, 4) is 0 Å². The number of Topliss-reactive ketones (excluding diaryl/α,β-unsaturated/α-hetero) is 1. The molecule has 0 radical (unpaired) electrons. The molecule has 0 bridgehead atoms. The van der Waals surface area contributed by atoms with Crippen molar-refractivity contribution in [3.05, 3.63) is 92.9 Å². The van der Waals surface area contributed by atoms with Crippen molar-refractivity contribution in [2.45, 2.75) is 29.8 Å². The van der Waals surface area contributed by atoms with Crippen LogP contribution in [0.2, 0.25) is 5.02 Å². The summed E-state index contributed by atoms with van der Waals surface area (Å²) < 4.78 is 0.863. The summed E-state index contributed by atoms with van der Waals surface area (Å²) in [6.07, 6.45) is 1.55. The number of nitrogens with zero attached hydrogens (tertiary/aromatic N) is 1. The number of hydrogen-bond acceptors (Lipinski definition) is 4. The van der Waals surface area contributed by atoms with E-state index in [-0.39, 0.29) is 23.6 Å². The average Bonchev–Trinajstić information content (AvgIpc) is 3.59. The fourth-order valence-electron chi connectivity index (χ4n) is 7.36. The number of nitrogens with one attached hydrogen (secondary N) is 2. The molecule has 0 unspecified atom stereocenters. The van der Waals surface area contributed by atoms with Gasteiger partial charge in [0.15, 0.2) is 5.78 Å². The Bertz CT molecular complexity index is 1490. The quantitative estimate of drug-likeness (QED) is 0.425. The van der Waals surface area contributed by atoms with Gasteiger partial charge in [-0.3, -0.25) is 19.3 Å². The summed E-state index contributed by atoms with van der Waals surface area (Å²) in [5.41, 5.74) is 0.156. The van der Waals surface area contributed by atoms with Crippen LogP contribution < -0.4 is 10.6 Å². The molecule has 4 heterocycles. The SMILES string of the molecule is O=C(c1ccc(Br)cc1)[C@@H]1[C@@H]2CCCN2[C@]2(C(=O)Nc3c(Cl)cccc32)[C@@]12C(=O)Nc1ccccc12. The van der Waals surface area contributed by atoms with E-state index in [1.165, 1.54) is 0 Å². The maximum Gasteiger partial charge on any atom is 0.251 e. The number of para-hydroxylation sites is 2. The second-order valence-electron chi connectivity index (χ2n) is 9.89. The summed E-state index contributed by atoms with van der Waals surface area (Å²) in [4.78, 5) is 45.3. The number of benzene rings is 3. The lowest BCUT2D eigenvalue weighted by Crippen LogP contribution is -2.62. The number of carbonyl (C=O) groups excluding carboxylic acids is 3. The average molecular weight is 563 g/mol. The first-order valence-electron chi connectivity index (χ1n) is 12.0. The number of fused-ring (bicyclic) bond motifs is 7. The van der Waals surface area contributed by atoms with Crippen LogP contribution in [0.1, 0.15) is 34.3 Å². The molecule has 2 fully saturated rings. The third kappa shape index (κ3) is 2.44. The summed E-state index contributed by atoms with van der Waals surface area (Å²) in [6, 6.07) is 19.8. The van der Waals surface area contributed by atoms with E-state index in [1.807, 2.05) is 48.5 Å².